The SMILES string of the molecule is C1CC[C@H]2O[C@@H]2C1.O=C(O)c1ccc([N+](=O)[O-])cc1. The molecule has 1 saturated carbocycles. The molecule has 3 rings (SSSR count). The monoisotopic (exact) mass is 265 g/mol. The van der Waals surface area contributed by atoms with Gasteiger partial charge in [-0.05, 0) is 25.0 Å². The fourth-order valence-corrected chi connectivity index (χ4v) is 2.10. The number of aromatic carboxylic acids is 1. The van der Waals surface area contributed by atoms with Crippen LogP contribution in [0.15, 0.2) is 24.3 Å². The predicted molar refractivity (Wildman–Crippen MR) is 67.2 cm³/mol. The normalized spacial score (nSPS) is 23.6. The van der Waals surface area contributed by atoms with Crippen molar-refractivity contribution in [2.75, 3.05) is 0 Å². The van der Waals surface area contributed by atoms with Crippen LogP contribution in [-0.4, -0.2) is 28.2 Å². The quantitative estimate of drug-likeness (QED) is 0.504. The highest BCUT2D eigenvalue weighted by molar-refractivity contribution is 5.87. The maximum absolute atomic E-state index is 10.3. The Balaban J connectivity index is 0.000000159. The van der Waals surface area contributed by atoms with Gasteiger partial charge in [0, 0.05) is 12.1 Å². The summed E-state index contributed by atoms with van der Waals surface area (Å²) in [7, 11) is 0. The number of carboxylic acid groups (broad SMARTS) is 1. The van der Waals surface area contributed by atoms with E-state index in [4.69, 9.17) is 9.84 Å². The predicted octanol–water partition coefficient (Wildman–Crippen LogP) is 2.62. The minimum absolute atomic E-state index is 0.0422. The first-order valence-corrected chi connectivity index (χ1v) is 6.21. The van der Waals surface area contributed by atoms with Crippen LogP contribution in [0.25, 0.3) is 0 Å². The molecule has 0 unspecified atom stereocenters. The second-order valence-corrected chi connectivity index (χ2v) is 4.61. The second-order valence-electron chi connectivity index (χ2n) is 4.61. The van der Waals surface area contributed by atoms with Crippen LogP contribution in [0, 0.1) is 10.1 Å². The molecule has 1 N–H and O–H groups in total. The first-order chi connectivity index (χ1) is 9.08. The number of nitro benzene ring substituents is 1. The fourth-order valence-electron chi connectivity index (χ4n) is 2.10. The molecule has 6 heteroatoms. The molecule has 1 aromatic carbocycles. The van der Waals surface area contributed by atoms with Crippen LogP contribution in [0.1, 0.15) is 36.0 Å². The van der Waals surface area contributed by atoms with E-state index in [1.165, 1.54) is 37.8 Å². The van der Waals surface area contributed by atoms with Gasteiger partial charge in [-0.3, -0.25) is 10.1 Å². The smallest absolute Gasteiger partial charge is 0.335 e. The number of nitro groups is 1. The van der Waals surface area contributed by atoms with Gasteiger partial charge in [0.05, 0.1) is 22.7 Å². The Kier molecular flexibility index (Phi) is 4.11. The lowest BCUT2D eigenvalue weighted by Gasteiger charge is -2.00. The van der Waals surface area contributed by atoms with Gasteiger partial charge < -0.3 is 9.84 Å². The van der Waals surface area contributed by atoms with Gasteiger partial charge in [-0.1, -0.05) is 12.8 Å². The largest absolute Gasteiger partial charge is 0.478 e. The van der Waals surface area contributed by atoms with Crippen molar-refractivity contribution in [2.24, 2.45) is 0 Å². The number of carbonyl (C=O) groups is 1. The van der Waals surface area contributed by atoms with Crippen molar-refractivity contribution in [1.82, 2.24) is 0 Å². The summed E-state index contributed by atoms with van der Waals surface area (Å²) in [5.74, 6) is -1.09. The molecule has 0 aromatic heterocycles. The van der Waals surface area contributed by atoms with Crippen LogP contribution in [0.5, 0.6) is 0 Å². The van der Waals surface area contributed by atoms with Crippen LogP contribution < -0.4 is 0 Å². The first kappa shape index (κ1) is 13.5. The molecule has 1 saturated heterocycles. The van der Waals surface area contributed by atoms with E-state index in [-0.39, 0.29) is 11.3 Å². The van der Waals surface area contributed by atoms with Gasteiger partial charge in [0.15, 0.2) is 0 Å². The van der Waals surface area contributed by atoms with E-state index in [1.54, 1.807) is 0 Å². The van der Waals surface area contributed by atoms with Gasteiger partial charge in [-0.15, -0.1) is 0 Å². The average Bonchev–Trinajstić information content (AvgIpc) is 3.18. The standard InChI is InChI=1S/C7H5NO4.C6H10O/c9-7(10)5-1-3-6(4-2-5)8(11)12;1-2-4-6-5(3-1)7-6/h1-4H,(H,9,10);5-6H,1-4H2/t;5-,6-/m.1/s1. The van der Waals surface area contributed by atoms with Crippen molar-refractivity contribution in [3.8, 4) is 0 Å². The topological polar surface area (TPSA) is 93.0 Å². The van der Waals surface area contributed by atoms with Gasteiger partial charge in [0.25, 0.3) is 5.69 Å². The maximum atomic E-state index is 10.3. The highest BCUT2D eigenvalue weighted by atomic mass is 16.6. The molecule has 1 heterocycles. The molecule has 6 nitrogen and oxygen atoms in total. The van der Waals surface area contributed by atoms with E-state index in [2.05, 4.69) is 0 Å². The van der Waals surface area contributed by atoms with Crippen molar-refractivity contribution in [3.63, 3.8) is 0 Å². The number of hydrogen-bond acceptors (Lipinski definition) is 4. The molecule has 1 aliphatic heterocycles. The Morgan fingerprint density at radius 3 is 2.11 bits per heavy atom. The summed E-state index contributed by atoms with van der Waals surface area (Å²) in [6, 6.07) is 4.70. The third kappa shape index (κ3) is 3.75. The van der Waals surface area contributed by atoms with Crippen molar-refractivity contribution >= 4 is 11.7 Å². The van der Waals surface area contributed by atoms with Crippen LogP contribution in [0.3, 0.4) is 0 Å². The number of rotatable bonds is 2. The van der Waals surface area contributed by atoms with E-state index >= 15 is 0 Å². The number of epoxide rings is 1. The molecule has 1 aromatic rings. The molecule has 0 spiro atoms. The maximum Gasteiger partial charge on any atom is 0.335 e. The summed E-state index contributed by atoms with van der Waals surface area (Å²) < 4.78 is 5.28. The Morgan fingerprint density at radius 2 is 1.74 bits per heavy atom. The minimum atomic E-state index is -1.09. The number of ether oxygens (including phenoxy) is 1. The van der Waals surface area contributed by atoms with E-state index in [0.29, 0.717) is 12.2 Å². The molecule has 0 bridgehead atoms. The summed E-state index contributed by atoms with van der Waals surface area (Å²) in [5.41, 5.74) is -0.0689. The molecule has 0 radical (unpaired) electrons. The molecule has 1 aliphatic carbocycles. The van der Waals surface area contributed by atoms with Gasteiger partial charge in [0.2, 0.25) is 0 Å². The first-order valence-electron chi connectivity index (χ1n) is 6.21. The van der Waals surface area contributed by atoms with Crippen molar-refractivity contribution < 1.29 is 19.6 Å². The molecule has 19 heavy (non-hydrogen) atoms. The summed E-state index contributed by atoms with van der Waals surface area (Å²) in [4.78, 5) is 19.9. The Hall–Kier alpha value is -1.95. The van der Waals surface area contributed by atoms with E-state index in [1.807, 2.05) is 0 Å². The van der Waals surface area contributed by atoms with Gasteiger partial charge >= 0.3 is 5.97 Å². The lowest BCUT2D eigenvalue weighted by atomic mass is 10.0. The number of nitrogens with zero attached hydrogens (tertiary/aromatic N) is 1. The lowest BCUT2D eigenvalue weighted by Crippen LogP contribution is -2.00. The van der Waals surface area contributed by atoms with Crippen molar-refractivity contribution in [3.05, 3.63) is 39.9 Å². The fraction of sp³-hybridized carbons (Fsp3) is 0.462. The highest BCUT2D eigenvalue weighted by Crippen LogP contribution is 2.35. The van der Waals surface area contributed by atoms with Gasteiger partial charge in [-0.25, -0.2) is 4.79 Å². The Labute approximate surface area is 110 Å². The average molecular weight is 265 g/mol. The molecule has 0 amide bonds. The zero-order chi connectivity index (χ0) is 13.8. The zero-order valence-electron chi connectivity index (χ0n) is 10.3. The van der Waals surface area contributed by atoms with Crippen LogP contribution in [-0.2, 0) is 4.74 Å². The summed E-state index contributed by atoms with van der Waals surface area (Å²) in [6.07, 6.45) is 6.89. The Bertz CT molecular complexity index is 427. The summed E-state index contributed by atoms with van der Waals surface area (Å²) in [6.45, 7) is 0. The van der Waals surface area contributed by atoms with Crippen molar-refractivity contribution in [1.29, 1.82) is 0 Å². The van der Waals surface area contributed by atoms with Gasteiger partial charge in [-0.2, -0.15) is 0 Å². The third-order valence-electron chi connectivity index (χ3n) is 3.24. The third-order valence-corrected chi connectivity index (χ3v) is 3.24. The summed E-state index contributed by atoms with van der Waals surface area (Å²) >= 11 is 0. The van der Waals surface area contributed by atoms with Crippen LogP contribution in [0.4, 0.5) is 5.69 Å². The Morgan fingerprint density at radius 1 is 1.21 bits per heavy atom. The minimum Gasteiger partial charge on any atom is -0.478 e. The number of hydrogen-bond donors (Lipinski definition) is 1. The second kappa shape index (κ2) is 5.79. The summed E-state index contributed by atoms with van der Waals surface area (Å²) in [5, 5.41) is 18.6. The van der Waals surface area contributed by atoms with Crippen LogP contribution >= 0.6 is 0 Å². The van der Waals surface area contributed by atoms with Crippen LogP contribution in [0.2, 0.25) is 0 Å². The number of fused-ring (bicyclic) bond motifs is 1. The van der Waals surface area contributed by atoms with E-state index in [9.17, 15) is 14.9 Å². The number of carboxylic acids is 1. The molecular weight excluding hydrogens is 250 g/mol. The molecule has 2 aliphatic rings. The molecular formula is C13H15NO5. The van der Waals surface area contributed by atoms with E-state index < -0.39 is 10.9 Å². The molecule has 2 atom stereocenters. The molecule has 102 valence electrons. The van der Waals surface area contributed by atoms with Crippen molar-refractivity contribution in [2.45, 2.75) is 37.9 Å². The van der Waals surface area contributed by atoms with Gasteiger partial charge in [0.1, 0.15) is 0 Å². The highest BCUT2D eigenvalue weighted by Gasteiger charge is 2.39. The zero-order valence-corrected chi connectivity index (χ0v) is 10.3. The molecule has 2 fully saturated rings. The van der Waals surface area contributed by atoms with E-state index in [0.717, 1.165) is 12.1 Å². The number of non-ortho nitro benzene ring substituents is 1. The number of benzene rings is 1. The lowest BCUT2D eigenvalue weighted by molar-refractivity contribution is -0.384.